The van der Waals surface area contributed by atoms with E-state index >= 15 is 0 Å². The molecule has 0 saturated carbocycles. The van der Waals surface area contributed by atoms with Crippen LogP contribution in [0.15, 0.2) is 36.5 Å². The molecule has 4 heteroatoms. The van der Waals surface area contributed by atoms with Gasteiger partial charge in [0.05, 0.1) is 0 Å². The second-order valence-corrected chi connectivity index (χ2v) is 9.93. The Balaban J connectivity index is 4.06. The third-order valence-corrected chi connectivity index (χ3v) is 6.30. The molecule has 36 heavy (non-hydrogen) atoms. The molecule has 0 aliphatic carbocycles. The van der Waals surface area contributed by atoms with Crippen LogP contribution in [0, 0.1) is 0 Å². The van der Waals surface area contributed by atoms with Crippen LogP contribution in [0.5, 0.6) is 0 Å². The van der Waals surface area contributed by atoms with E-state index in [2.05, 4.69) is 44.2 Å². The number of allylic oxidation sites excluding steroid dienone is 5. The molecular formula is C32H56O4. The summed E-state index contributed by atoms with van der Waals surface area (Å²) in [6, 6.07) is 0. The van der Waals surface area contributed by atoms with E-state index in [0.29, 0.717) is 12.8 Å². The number of hydrogen-bond acceptors (Lipinski definition) is 3. The van der Waals surface area contributed by atoms with Gasteiger partial charge in [0.2, 0.25) is 0 Å². The van der Waals surface area contributed by atoms with E-state index < -0.39 is 5.97 Å². The molecule has 0 spiro atoms. The molecule has 0 radical (unpaired) electrons. The molecule has 0 saturated heterocycles. The summed E-state index contributed by atoms with van der Waals surface area (Å²) < 4.78 is 5.78. The Labute approximate surface area is 222 Å². The Morgan fingerprint density at radius 1 is 0.639 bits per heavy atom. The van der Waals surface area contributed by atoms with Crippen molar-refractivity contribution in [1.29, 1.82) is 0 Å². The Morgan fingerprint density at radius 3 is 1.89 bits per heavy atom. The number of carbonyl (C=O) groups is 2. The van der Waals surface area contributed by atoms with Crippen molar-refractivity contribution in [1.82, 2.24) is 0 Å². The average Bonchev–Trinajstić information content (AvgIpc) is 2.85. The van der Waals surface area contributed by atoms with E-state index in [4.69, 9.17) is 9.84 Å². The second-order valence-electron chi connectivity index (χ2n) is 9.93. The van der Waals surface area contributed by atoms with E-state index in [9.17, 15) is 9.59 Å². The van der Waals surface area contributed by atoms with Gasteiger partial charge in [-0.2, -0.15) is 0 Å². The summed E-state index contributed by atoms with van der Waals surface area (Å²) in [5.74, 6) is -0.825. The lowest BCUT2D eigenvalue weighted by Gasteiger charge is -2.14. The number of unbranched alkanes of at least 4 members (excludes halogenated alkanes) is 13. The molecule has 4 nitrogen and oxygen atoms in total. The summed E-state index contributed by atoms with van der Waals surface area (Å²) in [6.07, 6.45) is 34.5. The van der Waals surface area contributed by atoms with Crippen molar-refractivity contribution in [2.24, 2.45) is 0 Å². The number of rotatable bonds is 26. The lowest BCUT2D eigenvalue weighted by molar-refractivity contribution is -0.147. The molecule has 0 amide bonds. The van der Waals surface area contributed by atoms with Crippen molar-refractivity contribution in [2.45, 2.75) is 155 Å². The maximum atomic E-state index is 12.4. The van der Waals surface area contributed by atoms with Crippen molar-refractivity contribution < 1.29 is 19.4 Å². The fourth-order valence-electron chi connectivity index (χ4n) is 4.07. The molecule has 0 rings (SSSR count). The first kappa shape index (κ1) is 34.2. The van der Waals surface area contributed by atoms with Crippen LogP contribution in [0.4, 0.5) is 0 Å². The standard InChI is InChI=1S/C32H56O4/c1-3-5-7-9-11-12-13-14-15-16-17-19-25-29-32(35)36-30(26-22-18-10-8-6-4-2)27-23-20-21-24-28-31(33)34/h8,10,12-13,22,26,30H,3-7,9,11,14-21,23-25,27-29H2,1-2H3,(H,33,34)/b10-8-,13-12-,26-22-. The van der Waals surface area contributed by atoms with Crippen LogP contribution in [0.3, 0.4) is 0 Å². The molecule has 0 aromatic heterocycles. The highest BCUT2D eigenvalue weighted by molar-refractivity contribution is 5.69. The first-order valence-electron chi connectivity index (χ1n) is 15.0. The molecule has 0 aromatic carbocycles. The van der Waals surface area contributed by atoms with Gasteiger partial charge in [-0.25, -0.2) is 0 Å². The zero-order chi connectivity index (χ0) is 26.5. The van der Waals surface area contributed by atoms with Crippen molar-refractivity contribution in [2.75, 3.05) is 0 Å². The minimum absolute atomic E-state index is 0.0944. The molecule has 0 aliphatic heterocycles. The van der Waals surface area contributed by atoms with Gasteiger partial charge >= 0.3 is 11.9 Å². The molecule has 1 N–H and O–H groups in total. The number of carboxylic acid groups (broad SMARTS) is 1. The van der Waals surface area contributed by atoms with Crippen molar-refractivity contribution in [3.63, 3.8) is 0 Å². The van der Waals surface area contributed by atoms with E-state index in [1.807, 2.05) is 6.08 Å². The summed E-state index contributed by atoms with van der Waals surface area (Å²) in [7, 11) is 0. The van der Waals surface area contributed by atoms with Crippen LogP contribution in [0.25, 0.3) is 0 Å². The topological polar surface area (TPSA) is 63.6 Å². The monoisotopic (exact) mass is 504 g/mol. The summed E-state index contributed by atoms with van der Waals surface area (Å²) in [6.45, 7) is 4.42. The molecule has 0 bridgehead atoms. The minimum Gasteiger partial charge on any atom is -0.481 e. The van der Waals surface area contributed by atoms with Gasteiger partial charge in [-0.1, -0.05) is 102 Å². The van der Waals surface area contributed by atoms with E-state index in [0.717, 1.165) is 57.8 Å². The van der Waals surface area contributed by atoms with Gasteiger partial charge in [0, 0.05) is 12.8 Å². The van der Waals surface area contributed by atoms with E-state index in [1.165, 1.54) is 57.8 Å². The molecule has 1 unspecified atom stereocenters. The SMILES string of the molecule is CCC/C=C\C/C=C\C(CCCCCCC(=O)O)OC(=O)CCCCCCC/C=C\CCCCCC. The van der Waals surface area contributed by atoms with Crippen molar-refractivity contribution in [3.05, 3.63) is 36.5 Å². The summed E-state index contributed by atoms with van der Waals surface area (Å²) in [5.41, 5.74) is 0. The Morgan fingerprint density at radius 2 is 1.22 bits per heavy atom. The number of hydrogen-bond donors (Lipinski definition) is 1. The van der Waals surface area contributed by atoms with Gasteiger partial charge in [0.1, 0.15) is 6.10 Å². The maximum Gasteiger partial charge on any atom is 0.306 e. The van der Waals surface area contributed by atoms with Gasteiger partial charge in [0.15, 0.2) is 0 Å². The Kier molecular flexibility index (Phi) is 26.3. The Hall–Kier alpha value is -1.84. The van der Waals surface area contributed by atoms with Crippen LogP contribution < -0.4 is 0 Å². The smallest absolute Gasteiger partial charge is 0.306 e. The zero-order valence-corrected chi connectivity index (χ0v) is 23.6. The first-order chi connectivity index (χ1) is 17.6. The lowest BCUT2D eigenvalue weighted by Crippen LogP contribution is -2.16. The largest absolute Gasteiger partial charge is 0.481 e. The highest BCUT2D eigenvalue weighted by Gasteiger charge is 2.11. The number of esters is 1. The molecular weight excluding hydrogens is 448 g/mol. The predicted molar refractivity (Wildman–Crippen MR) is 153 cm³/mol. The van der Waals surface area contributed by atoms with E-state index in [-0.39, 0.29) is 18.5 Å². The maximum absolute atomic E-state index is 12.4. The van der Waals surface area contributed by atoms with Crippen LogP contribution in [-0.2, 0) is 14.3 Å². The third kappa shape index (κ3) is 26.8. The van der Waals surface area contributed by atoms with Gasteiger partial charge < -0.3 is 9.84 Å². The quantitative estimate of drug-likeness (QED) is 0.0723. The lowest BCUT2D eigenvalue weighted by atomic mass is 10.1. The van der Waals surface area contributed by atoms with Crippen LogP contribution >= 0.6 is 0 Å². The predicted octanol–water partition coefficient (Wildman–Crippen LogP) is 9.88. The van der Waals surface area contributed by atoms with E-state index in [1.54, 1.807) is 0 Å². The number of carbonyl (C=O) groups excluding carboxylic acids is 1. The molecule has 0 aliphatic rings. The van der Waals surface area contributed by atoms with Crippen LogP contribution in [0.2, 0.25) is 0 Å². The summed E-state index contributed by atoms with van der Waals surface area (Å²) in [5, 5.41) is 8.75. The highest BCUT2D eigenvalue weighted by Crippen LogP contribution is 2.14. The molecule has 0 fully saturated rings. The van der Waals surface area contributed by atoms with Crippen molar-refractivity contribution in [3.8, 4) is 0 Å². The first-order valence-corrected chi connectivity index (χ1v) is 15.0. The van der Waals surface area contributed by atoms with Gasteiger partial charge in [-0.05, 0) is 70.3 Å². The van der Waals surface area contributed by atoms with Crippen LogP contribution in [0.1, 0.15) is 149 Å². The molecule has 0 heterocycles. The summed E-state index contributed by atoms with van der Waals surface area (Å²) in [4.78, 5) is 23.0. The minimum atomic E-state index is -0.731. The Bertz CT molecular complexity index is 591. The number of aliphatic carboxylic acids is 1. The van der Waals surface area contributed by atoms with Crippen molar-refractivity contribution >= 4 is 11.9 Å². The molecule has 208 valence electrons. The van der Waals surface area contributed by atoms with Gasteiger partial charge in [-0.15, -0.1) is 0 Å². The second kappa shape index (κ2) is 27.7. The number of ether oxygens (including phenoxy) is 1. The van der Waals surface area contributed by atoms with Crippen LogP contribution in [-0.4, -0.2) is 23.1 Å². The zero-order valence-electron chi connectivity index (χ0n) is 23.6. The van der Waals surface area contributed by atoms with Gasteiger partial charge in [-0.3, -0.25) is 9.59 Å². The average molecular weight is 505 g/mol. The fraction of sp³-hybridized carbons (Fsp3) is 0.750. The fourth-order valence-corrected chi connectivity index (χ4v) is 4.07. The normalized spacial score (nSPS) is 12.7. The molecule has 1 atom stereocenters. The molecule has 0 aromatic rings. The number of carboxylic acids is 1. The third-order valence-electron chi connectivity index (χ3n) is 6.30. The van der Waals surface area contributed by atoms with Gasteiger partial charge in [0.25, 0.3) is 0 Å². The summed E-state index contributed by atoms with van der Waals surface area (Å²) >= 11 is 0. The highest BCUT2D eigenvalue weighted by atomic mass is 16.5.